The number of hydrogen-bond acceptors (Lipinski definition) is 2. The van der Waals surface area contributed by atoms with Gasteiger partial charge in [0.1, 0.15) is 5.82 Å². The average molecular weight is 400 g/mol. The molecule has 28 heavy (non-hydrogen) atoms. The molecule has 3 nitrogen and oxygen atoms in total. The van der Waals surface area contributed by atoms with Crippen molar-refractivity contribution < 1.29 is 13.2 Å². The smallest absolute Gasteiger partial charge is 0.337 e. The Labute approximate surface area is 163 Å². The number of imidazole rings is 1. The molecule has 0 fully saturated rings. The number of pyridine rings is 1. The van der Waals surface area contributed by atoms with Gasteiger partial charge in [0, 0.05) is 34.1 Å². The van der Waals surface area contributed by atoms with E-state index in [2.05, 4.69) is 15.0 Å². The Morgan fingerprint density at radius 2 is 1.36 bits per heavy atom. The number of aromatic nitrogens is 3. The maximum atomic E-state index is 12.9. The largest absolute Gasteiger partial charge is 0.416 e. The average Bonchev–Trinajstić information content (AvgIpc) is 3.14. The summed E-state index contributed by atoms with van der Waals surface area (Å²) in [4.78, 5) is 11.9. The molecule has 4 aromatic rings. The summed E-state index contributed by atoms with van der Waals surface area (Å²) in [5.74, 6) is 0.596. The molecular formula is C21H13ClF3N3. The molecule has 0 saturated carbocycles. The van der Waals surface area contributed by atoms with Gasteiger partial charge in [-0.05, 0) is 48.5 Å². The van der Waals surface area contributed by atoms with Crippen LogP contribution in [-0.4, -0.2) is 15.0 Å². The van der Waals surface area contributed by atoms with Crippen LogP contribution in [0.4, 0.5) is 13.2 Å². The van der Waals surface area contributed by atoms with Crippen LogP contribution in [0.25, 0.3) is 33.9 Å². The molecule has 0 bridgehead atoms. The van der Waals surface area contributed by atoms with Gasteiger partial charge in [-0.3, -0.25) is 4.98 Å². The van der Waals surface area contributed by atoms with Gasteiger partial charge in [-0.2, -0.15) is 13.2 Å². The summed E-state index contributed by atoms with van der Waals surface area (Å²) in [7, 11) is 0. The Bertz CT molecular complexity index is 1090. The molecular weight excluding hydrogens is 387 g/mol. The second kappa shape index (κ2) is 7.13. The highest BCUT2D eigenvalue weighted by Crippen LogP contribution is 2.35. The third-order valence-corrected chi connectivity index (χ3v) is 4.53. The van der Waals surface area contributed by atoms with E-state index in [1.807, 2.05) is 24.3 Å². The Balaban J connectivity index is 1.84. The first kappa shape index (κ1) is 18.3. The van der Waals surface area contributed by atoms with Crippen molar-refractivity contribution in [3.05, 3.63) is 83.6 Å². The minimum atomic E-state index is -4.38. The van der Waals surface area contributed by atoms with E-state index in [4.69, 9.17) is 11.6 Å². The van der Waals surface area contributed by atoms with Gasteiger partial charge in [0.2, 0.25) is 0 Å². The number of aromatic amines is 1. The van der Waals surface area contributed by atoms with E-state index in [1.165, 1.54) is 12.1 Å². The van der Waals surface area contributed by atoms with E-state index in [0.717, 1.165) is 23.3 Å². The minimum Gasteiger partial charge on any atom is -0.337 e. The molecule has 0 aliphatic carbocycles. The number of H-pyrrole nitrogens is 1. The number of benzene rings is 2. The molecule has 0 radical (unpaired) electrons. The second-order valence-electron chi connectivity index (χ2n) is 6.13. The van der Waals surface area contributed by atoms with Crippen molar-refractivity contribution in [2.75, 3.05) is 0 Å². The Hall–Kier alpha value is -3.12. The molecule has 4 rings (SSSR count). The lowest BCUT2D eigenvalue weighted by molar-refractivity contribution is -0.137. The van der Waals surface area contributed by atoms with Crippen molar-refractivity contribution >= 4 is 11.6 Å². The van der Waals surface area contributed by atoms with Gasteiger partial charge in [-0.15, -0.1) is 0 Å². The molecule has 2 aromatic heterocycles. The van der Waals surface area contributed by atoms with Crippen molar-refractivity contribution in [1.82, 2.24) is 15.0 Å². The van der Waals surface area contributed by atoms with E-state index in [1.54, 1.807) is 24.5 Å². The maximum absolute atomic E-state index is 12.9. The predicted molar refractivity (Wildman–Crippen MR) is 103 cm³/mol. The zero-order chi connectivity index (χ0) is 19.7. The molecule has 0 unspecified atom stereocenters. The molecule has 0 atom stereocenters. The molecule has 0 saturated heterocycles. The van der Waals surface area contributed by atoms with Crippen LogP contribution in [0.5, 0.6) is 0 Å². The normalized spacial score (nSPS) is 11.6. The number of hydrogen-bond donors (Lipinski definition) is 1. The first-order chi connectivity index (χ1) is 13.4. The highest BCUT2D eigenvalue weighted by Gasteiger charge is 2.30. The van der Waals surface area contributed by atoms with Crippen LogP contribution in [0.2, 0.25) is 5.02 Å². The summed E-state index contributed by atoms with van der Waals surface area (Å²) >= 11 is 5.95. The third-order valence-electron chi connectivity index (χ3n) is 4.28. The Kier molecular flexibility index (Phi) is 4.65. The SMILES string of the molecule is FC(F)(F)c1ccc(-c2nc(-c3ccc(Cl)cc3)[nH]c2-c2ccncc2)cc1. The maximum Gasteiger partial charge on any atom is 0.416 e. The highest BCUT2D eigenvalue weighted by molar-refractivity contribution is 6.30. The molecule has 2 aromatic carbocycles. The van der Waals surface area contributed by atoms with E-state index in [-0.39, 0.29) is 0 Å². The number of nitrogens with one attached hydrogen (secondary N) is 1. The quantitative estimate of drug-likeness (QED) is 0.428. The number of halogens is 4. The zero-order valence-corrected chi connectivity index (χ0v) is 15.1. The fraction of sp³-hybridized carbons (Fsp3) is 0.0476. The van der Waals surface area contributed by atoms with Gasteiger partial charge in [-0.1, -0.05) is 23.7 Å². The Morgan fingerprint density at radius 3 is 1.96 bits per heavy atom. The minimum absolute atomic E-state index is 0.560. The molecule has 0 aliphatic rings. The number of nitrogens with zero attached hydrogens (tertiary/aromatic N) is 2. The molecule has 0 spiro atoms. The van der Waals surface area contributed by atoms with Crippen molar-refractivity contribution in [1.29, 1.82) is 0 Å². The highest BCUT2D eigenvalue weighted by atomic mass is 35.5. The summed E-state index contributed by atoms with van der Waals surface area (Å²) in [5, 5.41) is 0.604. The van der Waals surface area contributed by atoms with E-state index in [9.17, 15) is 13.2 Å². The zero-order valence-electron chi connectivity index (χ0n) is 14.3. The van der Waals surface area contributed by atoms with Crippen LogP contribution in [0.15, 0.2) is 73.1 Å². The van der Waals surface area contributed by atoms with Crippen molar-refractivity contribution in [2.24, 2.45) is 0 Å². The summed E-state index contributed by atoms with van der Waals surface area (Å²) < 4.78 is 38.7. The van der Waals surface area contributed by atoms with Gasteiger partial charge in [0.05, 0.1) is 17.0 Å². The van der Waals surface area contributed by atoms with Crippen LogP contribution in [-0.2, 0) is 6.18 Å². The van der Waals surface area contributed by atoms with Gasteiger partial charge >= 0.3 is 6.18 Å². The Morgan fingerprint density at radius 1 is 0.750 bits per heavy atom. The van der Waals surface area contributed by atoms with Crippen LogP contribution >= 0.6 is 11.6 Å². The van der Waals surface area contributed by atoms with Crippen molar-refractivity contribution in [3.8, 4) is 33.9 Å². The van der Waals surface area contributed by atoms with E-state index >= 15 is 0 Å². The summed E-state index contributed by atoms with van der Waals surface area (Å²) in [5.41, 5.74) is 2.79. The van der Waals surface area contributed by atoms with Gasteiger partial charge in [0.15, 0.2) is 0 Å². The number of rotatable bonds is 3. The summed E-state index contributed by atoms with van der Waals surface area (Å²) in [6, 6.07) is 15.8. The lowest BCUT2D eigenvalue weighted by atomic mass is 10.0. The standard InChI is InChI=1S/C21H13ClF3N3/c22-17-7-3-15(4-8-17)20-27-18(19(28-20)14-9-11-26-12-10-14)13-1-5-16(6-2-13)21(23,24)25/h1-12H,(H,27,28). The fourth-order valence-corrected chi connectivity index (χ4v) is 3.00. The van der Waals surface area contributed by atoms with Crippen LogP contribution in [0.3, 0.4) is 0 Å². The second-order valence-corrected chi connectivity index (χ2v) is 6.56. The van der Waals surface area contributed by atoms with Crippen LogP contribution in [0, 0.1) is 0 Å². The topological polar surface area (TPSA) is 41.6 Å². The molecule has 7 heteroatoms. The van der Waals surface area contributed by atoms with E-state index < -0.39 is 11.7 Å². The molecule has 140 valence electrons. The van der Waals surface area contributed by atoms with Crippen LogP contribution < -0.4 is 0 Å². The predicted octanol–water partition coefficient (Wildman–Crippen LogP) is 6.48. The fourth-order valence-electron chi connectivity index (χ4n) is 2.87. The van der Waals surface area contributed by atoms with Gasteiger partial charge in [0.25, 0.3) is 0 Å². The molecule has 2 heterocycles. The molecule has 1 N–H and O–H groups in total. The van der Waals surface area contributed by atoms with Crippen LogP contribution in [0.1, 0.15) is 5.56 Å². The third kappa shape index (κ3) is 3.64. The van der Waals surface area contributed by atoms with E-state index in [0.29, 0.717) is 27.8 Å². The number of alkyl halides is 3. The lowest BCUT2D eigenvalue weighted by Gasteiger charge is -2.07. The van der Waals surface area contributed by atoms with Gasteiger partial charge in [-0.25, -0.2) is 4.98 Å². The first-order valence-electron chi connectivity index (χ1n) is 8.36. The molecule has 0 amide bonds. The lowest BCUT2D eigenvalue weighted by Crippen LogP contribution is -2.04. The molecule has 0 aliphatic heterocycles. The summed E-state index contributed by atoms with van der Waals surface area (Å²) in [6.07, 6.45) is -1.09. The monoisotopic (exact) mass is 399 g/mol. The summed E-state index contributed by atoms with van der Waals surface area (Å²) in [6.45, 7) is 0. The van der Waals surface area contributed by atoms with Crippen molar-refractivity contribution in [2.45, 2.75) is 6.18 Å². The van der Waals surface area contributed by atoms with Crippen molar-refractivity contribution in [3.63, 3.8) is 0 Å². The van der Waals surface area contributed by atoms with Gasteiger partial charge < -0.3 is 4.98 Å². The first-order valence-corrected chi connectivity index (χ1v) is 8.73.